The minimum atomic E-state index is -0.846. The van der Waals surface area contributed by atoms with Gasteiger partial charge in [0.1, 0.15) is 17.7 Å². The molecule has 1 unspecified atom stereocenters. The third-order valence-corrected chi connectivity index (χ3v) is 4.81. The van der Waals surface area contributed by atoms with Crippen LogP contribution in [0.2, 0.25) is 0 Å². The van der Waals surface area contributed by atoms with E-state index in [0.717, 1.165) is 30.1 Å². The number of carboxylic acid groups (broad SMARTS) is 1. The maximum Gasteiger partial charge on any atom is 0.322 e. The molecule has 0 radical (unpaired) electrons. The van der Waals surface area contributed by atoms with E-state index in [1.807, 2.05) is 34.6 Å². The number of aromatic nitrogens is 3. The smallest absolute Gasteiger partial charge is 0.322 e. The molecule has 1 atom stereocenters. The average Bonchev–Trinajstić information content (AvgIpc) is 3.01. The van der Waals surface area contributed by atoms with Crippen molar-refractivity contribution >= 4 is 5.97 Å². The number of carboxylic acids is 1. The van der Waals surface area contributed by atoms with Crippen LogP contribution in [0, 0.1) is 6.92 Å². The molecule has 0 saturated carbocycles. The van der Waals surface area contributed by atoms with E-state index in [4.69, 9.17) is 9.47 Å². The van der Waals surface area contributed by atoms with Gasteiger partial charge in [-0.2, -0.15) is 0 Å². The lowest BCUT2D eigenvalue weighted by Crippen LogP contribution is -2.47. The van der Waals surface area contributed by atoms with Gasteiger partial charge in [-0.15, -0.1) is 10.2 Å². The molecule has 1 aromatic heterocycles. The molecular formula is C19H26N4O4. The van der Waals surface area contributed by atoms with Crippen LogP contribution in [0.1, 0.15) is 37.0 Å². The van der Waals surface area contributed by atoms with Crippen molar-refractivity contribution in [2.45, 2.75) is 52.4 Å². The van der Waals surface area contributed by atoms with Crippen LogP contribution >= 0.6 is 0 Å². The molecule has 1 N–H and O–H groups in total. The molecule has 8 nitrogen and oxygen atoms in total. The molecule has 0 spiro atoms. The Hall–Kier alpha value is -2.61. The summed E-state index contributed by atoms with van der Waals surface area (Å²) in [5, 5.41) is 17.9. The third kappa shape index (κ3) is 4.21. The van der Waals surface area contributed by atoms with Crippen LogP contribution in [0.5, 0.6) is 11.5 Å². The highest BCUT2D eigenvalue weighted by atomic mass is 16.5. The molecule has 2 heterocycles. The van der Waals surface area contributed by atoms with Gasteiger partial charge < -0.3 is 19.1 Å². The monoisotopic (exact) mass is 374 g/mol. The third-order valence-electron chi connectivity index (χ3n) is 4.81. The lowest BCUT2D eigenvalue weighted by molar-refractivity contribution is -0.145. The maximum absolute atomic E-state index is 11.8. The second-order valence-corrected chi connectivity index (χ2v) is 6.72. The van der Waals surface area contributed by atoms with Crippen LogP contribution < -0.4 is 9.47 Å². The number of hydrogen-bond donors (Lipinski definition) is 1. The molecule has 0 bridgehead atoms. The van der Waals surface area contributed by atoms with E-state index in [-0.39, 0.29) is 0 Å². The Kier molecular flexibility index (Phi) is 5.95. The number of carbonyl (C=O) groups is 1. The Labute approximate surface area is 158 Å². The molecule has 27 heavy (non-hydrogen) atoms. The van der Waals surface area contributed by atoms with E-state index in [1.54, 1.807) is 7.11 Å². The van der Waals surface area contributed by atoms with Crippen molar-refractivity contribution in [2.24, 2.45) is 0 Å². The van der Waals surface area contributed by atoms with Crippen LogP contribution in [0.15, 0.2) is 18.2 Å². The number of unbranched alkanes of at least 4 members (excludes halogenated alkanes) is 1. The molecule has 8 heteroatoms. The van der Waals surface area contributed by atoms with Crippen LogP contribution in [-0.2, 0) is 24.4 Å². The van der Waals surface area contributed by atoms with Gasteiger partial charge >= 0.3 is 5.97 Å². The van der Waals surface area contributed by atoms with Crippen LogP contribution in [0.4, 0.5) is 0 Å². The summed E-state index contributed by atoms with van der Waals surface area (Å²) in [6, 6.07) is 5.11. The van der Waals surface area contributed by atoms with Gasteiger partial charge in [0, 0.05) is 6.54 Å². The zero-order valence-corrected chi connectivity index (χ0v) is 16.0. The topological polar surface area (TPSA) is 89.7 Å². The van der Waals surface area contributed by atoms with Gasteiger partial charge in [0.15, 0.2) is 11.5 Å². The molecule has 0 aliphatic carbocycles. The summed E-state index contributed by atoms with van der Waals surface area (Å²) >= 11 is 0. The zero-order chi connectivity index (χ0) is 19.4. The van der Waals surface area contributed by atoms with Crippen LogP contribution in [0.3, 0.4) is 0 Å². The normalized spacial score (nSPS) is 16.8. The molecule has 0 saturated heterocycles. The Bertz CT molecular complexity index is 805. The fraction of sp³-hybridized carbons (Fsp3) is 0.526. The molecule has 1 aromatic carbocycles. The second-order valence-electron chi connectivity index (χ2n) is 6.72. The standard InChI is InChI=1S/C19H26N4O4/c1-4-5-8-27-17-9-14(6-7-16(17)26-3)10-22-12-18-21-20-13(2)23(18)11-15(22)19(24)25/h6-7,9,15H,4-5,8,10-12H2,1-3H3,(H,24,25). The molecule has 0 amide bonds. The number of rotatable bonds is 8. The second kappa shape index (κ2) is 8.39. The predicted molar refractivity (Wildman–Crippen MR) is 98.8 cm³/mol. The van der Waals surface area contributed by atoms with E-state index in [0.29, 0.717) is 37.7 Å². The molecular weight excluding hydrogens is 348 g/mol. The van der Waals surface area contributed by atoms with Gasteiger partial charge in [0.25, 0.3) is 0 Å². The number of ether oxygens (including phenoxy) is 2. The Balaban J connectivity index is 1.80. The highest BCUT2D eigenvalue weighted by Crippen LogP contribution is 2.30. The number of fused-ring (bicyclic) bond motifs is 1. The summed E-state index contributed by atoms with van der Waals surface area (Å²) in [5.74, 6) is 2.05. The summed E-state index contributed by atoms with van der Waals surface area (Å²) in [6.07, 6.45) is 2.02. The highest BCUT2D eigenvalue weighted by Gasteiger charge is 2.33. The van der Waals surface area contributed by atoms with E-state index in [9.17, 15) is 9.90 Å². The van der Waals surface area contributed by atoms with Gasteiger partial charge in [-0.05, 0) is 31.0 Å². The quantitative estimate of drug-likeness (QED) is 0.709. The van der Waals surface area contributed by atoms with E-state index in [2.05, 4.69) is 17.1 Å². The van der Waals surface area contributed by atoms with Crippen molar-refractivity contribution < 1.29 is 19.4 Å². The highest BCUT2D eigenvalue weighted by molar-refractivity contribution is 5.73. The molecule has 1 aliphatic heterocycles. The van der Waals surface area contributed by atoms with E-state index < -0.39 is 12.0 Å². The predicted octanol–water partition coefficient (Wildman–Crippen LogP) is 2.24. The van der Waals surface area contributed by atoms with E-state index in [1.165, 1.54) is 0 Å². The first-order valence-electron chi connectivity index (χ1n) is 9.18. The summed E-state index contributed by atoms with van der Waals surface area (Å²) in [5.41, 5.74) is 0.971. The SMILES string of the molecule is CCCCOc1cc(CN2Cc3nnc(C)n3CC2C(=O)O)ccc1OC. The summed E-state index contributed by atoms with van der Waals surface area (Å²) in [4.78, 5) is 13.7. The molecule has 0 fully saturated rings. The first kappa shape index (κ1) is 19.2. The number of aryl methyl sites for hydroxylation is 1. The van der Waals surface area contributed by atoms with E-state index >= 15 is 0 Å². The minimum absolute atomic E-state index is 0.347. The largest absolute Gasteiger partial charge is 0.493 e. The van der Waals surface area contributed by atoms with Crippen molar-refractivity contribution in [3.63, 3.8) is 0 Å². The lowest BCUT2D eigenvalue weighted by atomic mass is 10.1. The zero-order valence-electron chi connectivity index (χ0n) is 16.0. The summed E-state index contributed by atoms with van der Waals surface area (Å²) < 4.78 is 13.1. The number of methoxy groups -OCH3 is 1. The fourth-order valence-electron chi connectivity index (χ4n) is 3.25. The first-order valence-corrected chi connectivity index (χ1v) is 9.18. The Morgan fingerprint density at radius 2 is 2.15 bits per heavy atom. The Morgan fingerprint density at radius 1 is 1.33 bits per heavy atom. The molecule has 146 valence electrons. The Morgan fingerprint density at radius 3 is 2.85 bits per heavy atom. The van der Waals surface area contributed by atoms with Gasteiger partial charge in [0.05, 0.1) is 26.8 Å². The summed E-state index contributed by atoms with van der Waals surface area (Å²) in [6.45, 7) is 5.85. The van der Waals surface area contributed by atoms with Gasteiger partial charge in [0.2, 0.25) is 0 Å². The fourth-order valence-corrected chi connectivity index (χ4v) is 3.25. The molecule has 1 aliphatic rings. The number of hydrogen-bond acceptors (Lipinski definition) is 6. The number of benzene rings is 1. The van der Waals surface area contributed by atoms with Gasteiger partial charge in [-0.1, -0.05) is 19.4 Å². The minimum Gasteiger partial charge on any atom is -0.493 e. The average molecular weight is 374 g/mol. The van der Waals surface area contributed by atoms with Crippen molar-refractivity contribution in [3.05, 3.63) is 35.4 Å². The maximum atomic E-state index is 11.8. The van der Waals surface area contributed by atoms with Crippen LogP contribution in [0.25, 0.3) is 0 Å². The van der Waals surface area contributed by atoms with Crippen molar-refractivity contribution in [2.75, 3.05) is 13.7 Å². The van der Waals surface area contributed by atoms with Gasteiger partial charge in [-0.25, -0.2) is 0 Å². The number of aliphatic carboxylic acids is 1. The first-order chi connectivity index (χ1) is 13.0. The van der Waals surface area contributed by atoms with Crippen molar-refractivity contribution in [1.29, 1.82) is 0 Å². The van der Waals surface area contributed by atoms with Crippen molar-refractivity contribution in [3.8, 4) is 11.5 Å². The summed E-state index contributed by atoms with van der Waals surface area (Å²) in [7, 11) is 1.61. The number of nitrogens with zero attached hydrogens (tertiary/aromatic N) is 4. The lowest BCUT2D eigenvalue weighted by Gasteiger charge is -2.33. The van der Waals surface area contributed by atoms with Crippen LogP contribution in [-0.4, -0.2) is 50.5 Å². The molecule has 2 aromatic rings. The van der Waals surface area contributed by atoms with Gasteiger partial charge in [-0.3, -0.25) is 9.69 Å². The van der Waals surface area contributed by atoms with Crippen molar-refractivity contribution in [1.82, 2.24) is 19.7 Å². The molecule has 3 rings (SSSR count).